The maximum absolute atomic E-state index is 11.5. The van der Waals surface area contributed by atoms with Gasteiger partial charge in [-0.2, -0.15) is 0 Å². The van der Waals surface area contributed by atoms with E-state index in [4.69, 9.17) is 16.2 Å². The number of methoxy groups -OCH3 is 1. The first-order valence-electron chi connectivity index (χ1n) is 6.12. The van der Waals surface area contributed by atoms with Crippen molar-refractivity contribution in [1.29, 1.82) is 0 Å². The van der Waals surface area contributed by atoms with Crippen molar-refractivity contribution in [2.24, 2.45) is 5.73 Å². The van der Waals surface area contributed by atoms with Gasteiger partial charge in [0, 0.05) is 30.1 Å². The molecule has 0 saturated carbocycles. The Kier molecular flexibility index (Phi) is 3.60. The molecule has 18 heavy (non-hydrogen) atoms. The lowest BCUT2D eigenvalue weighted by Gasteiger charge is -2.35. The van der Waals surface area contributed by atoms with Gasteiger partial charge in [-0.05, 0) is 25.3 Å². The van der Waals surface area contributed by atoms with Crippen LogP contribution >= 0.6 is 0 Å². The monoisotopic (exact) mass is 249 g/mol. The Balaban J connectivity index is 2.33. The number of ether oxygens (including phenoxy) is 1. The second-order valence-corrected chi connectivity index (χ2v) is 4.57. The molecule has 1 amide bonds. The molecule has 5 nitrogen and oxygen atoms in total. The van der Waals surface area contributed by atoms with Crippen LogP contribution in [0.25, 0.3) is 0 Å². The molecular formula is C13H19N3O2. The summed E-state index contributed by atoms with van der Waals surface area (Å²) in [6.07, 6.45) is 2.89. The summed E-state index contributed by atoms with van der Waals surface area (Å²) in [7, 11) is 1.60. The SMILES string of the molecule is COc1cc(N)cc(N2CCCCC2C(N)=O)c1. The van der Waals surface area contributed by atoms with E-state index >= 15 is 0 Å². The summed E-state index contributed by atoms with van der Waals surface area (Å²) >= 11 is 0. The molecule has 0 bridgehead atoms. The summed E-state index contributed by atoms with van der Waals surface area (Å²) in [5.74, 6) is 0.412. The fourth-order valence-corrected chi connectivity index (χ4v) is 2.43. The molecule has 0 radical (unpaired) electrons. The van der Waals surface area contributed by atoms with Gasteiger partial charge < -0.3 is 21.1 Å². The number of nitrogen functional groups attached to an aromatic ring is 1. The summed E-state index contributed by atoms with van der Waals surface area (Å²) in [6.45, 7) is 0.820. The fourth-order valence-electron chi connectivity index (χ4n) is 2.43. The van der Waals surface area contributed by atoms with E-state index in [9.17, 15) is 4.79 Å². The molecule has 98 valence electrons. The highest BCUT2D eigenvalue weighted by Gasteiger charge is 2.27. The molecule has 0 spiro atoms. The smallest absolute Gasteiger partial charge is 0.240 e. The number of nitrogens with zero attached hydrogens (tertiary/aromatic N) is 1. The van der Waals surface area contributed by atoms with Crippen molar-refractivity contribution in [2.75, 3.05) is 24.3 Å². The molecule has 1 aliphatic heterocycles. The van der Waals surface area contributed by atoms with E-state index in [0.717, 1.165) is 31.5 Å². The van der Waals surface area contributed by atoms with Gasteiger partial charge >= 0.3 is 0 Å². The number of benzene rings is 1. The van der Waals surface area contributed by atoms with Crippen LogP contribution in [0, 0.1) is 0 Å². The van der Waals surface area contributed by atoms with Gasteiger partial charge in [0.15, 0.2) is 0 Å². The van der Waals surface area contributed by atoms with E-state index in [-0.39, 0.29) is 11.9 Å². The van der Waals surface area contributed by atoms with Crippen molar-refractivity contribution in [3.05, 3.63) is 18.2 Å². The number of carbonyl (C=O) groups excluding carboxylic acids is 1. The van der Waals surface area contributed by atoms with E-state index in [2.05, 4.69) is 0 Å². The molecule has 4 N–H and O–H groups in total. The third kappa shape index (κ3) is 2.50. The van der Waals surface area contributed by atoms with Gasteiger partial charge in [0.1, 0.15) is 11.8 Å². The minimum Gasteiger partial charge on any atom is -0.497 e. The van der Waals surface area contributed by atoms with Crippen LogP contribution in [0.2, 0.25) is 0 Å². The quantitative estimate of drug-likeness (QED) is 0.786. The van der Waals surface area contributed by atoms with E-state index in [0.29, 0.717) is 11.4 Å². The third-order valence-electron chi connectivity index (χ3n) is 3.31. The molecule has 1 unspecified atom stereocenters. The number of primary amides is 1. The summed E-state index contributed by atoms with van der Waals surface area (Å²) in [5.41, 5.74) is 12.8. The van der Waals surface area contributed by atoms with Gasteiger partial charge in [0.25, 0.3) is 0 Å². The number of rotatable bonds is 3. The lowest BCUT2D eigenvalue weighted by molar-refractivity contribution is -0.119. The molecule has 2 rings (SSSR count). The first-order chi connectivity index (χ1) is 8.61. The first kappa shape index (κ1) is 12.5. The van der Waals surface area contributed by atoms with Crippen LogP contribution in [0.5, 0.6) is 5.75 Å². The number of hydrogen-bond donors (Lipinski definition) is 2. The van der Waals surface area contributed by atoms with Crippen molar-refractivity contribution in [3.8, 4) is 5.75 Å². The topological polar surface area (TPSA) is 81.6 Å². The Labute approximate surface area is 107 Å². The van der Waals surface area contributed by atoms with Gasteiger partial charge in [-0.1, -0.05) is 0 Å². The number of amides is 1. The summed E-state index contributed by atoms with van der Waals surface area (Å²) < 4.78 is 5.20. The van der Waals surface area contributed by atoms with Crippen LogP contribution in [-0.2, 0) is 4.79 Å². The highest BCUT2D eigenvalue weighted by Crippen LogP contribution is 2.30. The average Bonchev–Trinajstić information content (AvgIpc) is 2.38. The summed E-state index contributed by atoms with van der Waals surface area (Å²) in [4.78, 5) is 13.5. The lowest BCUT2D eigenvalue weighted by Crippen LogP contribution is -2.47. The molecule has 0 aliphatic carbocycles. The van der Waals surface area contributed by atoms with Crippen LogP contribution in [0.15, 0.2) is 18.2 Å². The molecule has 1 atom stereocenters. The zero-order valence-electron chi connectivity index (χ0n) is 10.6. The van der Waals surface area contributed by atoms with Crippen molar-refractivity contribution in [3.63, 3.8) is 0 Å². The zero-order valence-corrected chi connectivity index (χ0v) is 10.6. The van der Waals surface area contributed by atoms with Crippen LogP contribution in [0.4, 0.5) is 11.4 Å². The lowest BCUT2D eigenvalue weighted by atomic mass is 10.0. The predicted molar refractivity (Wildman–Crippen MR) is 71.6 cm³/mol. The predicted octanol–water partition coefficient (Wildman–Crippen LogP) is 1.12. The van der Waals surface area contributed by atoms with Gasteiger partial charge in [0.2, 0.25) is 5.91 Å². The molecule has 1 aromatic rings. The summed E-state index contributed by atoms with van der Waals surface area (Å²) in [6, 6.07) is 5.25. The second-order valence-electron chi connectivity index (χ2n) is 4.57. The van der Waals surface area contributed by atoms with Gasteiger partial charge in [-0.15, -0.1) is 0 Å². The molecule has 0 aromatic heterocycles. The van der Waals surface area contributed by atoms with E-state index in [1.165, 1.54) is 0 Å². The Morgan fingerprint density at radius 1 is 1.39 bits per heavy atom. The van der Waals surface area contributed by atoms with Crippen LogP contribution in [-0.4, -0.2) is 25.6 Å². The van der Waals surface area contributed by atoms with Crippen LogP contribution < -0.4 is 21.1 Å². The molecular weight excluding hydrogens is 230 g/mol. The van der Waals surface area contributed by atoms with E-state index in [1.54, 1.807) is 13.2 Å². The largest absolute Gasteiger partial charge is 0.497 e. The normalized spacial score (nSPS) is 19.6. The molecule has 1 aromatic carbocycles. The maximum Gasteiger partial charge on any atom is 0.240 e. The Hall–Kier alpha value is -1.91. The highest BCUT2D eigenvalue weighted by atomic mass is 16.5. The Bertz CT molecular complexity index is 448. The number of hydrogen-bond acceptors (Lipinski definition) is 4. The van der Waals surface area contributed by atoms with Gasteiger partial charge in [-0.25, -0.2) is 0 Å². The number of nitrogens with two attached hydrogens (primary N) is 2. The number of anilines is 2. The van der Waals surface area contributed by atoms with Crippen molar-refractivity contribution >= 4 is 17.3 Å². The minimum absolute atomic E-state index is 0.245. The molecule has 1 aliphatic rings. The second kappa shape index (κ2) is 5.16. The Morgan fingerprint density at radius 2 is 2.17 bits per heavy atom. The van der Waals surface area contributed by atoms with E-state index in [1.807, 2.05) is 17.0 Å². The molecule has 1 fully saturated rings. The standard InChI is InChI=1S/C13H19N3O2/c1-18-11-7-9(14)6-10(8-11)16-5-3-2-4-12(16)13(15)17/h6-8,12H,2-5,14H2,1H3,(H2,15,17). The van der Waals surface area contributed by atoms with Crippen molar-refractivity contribution in [2.45, 2.75) is 25.3 Å². The van der Waals surface area contributed by atoms with Gasteiger partial charge in [0.05, 0.1) is 7.11 Å². The van der Waals surface area contributed by atoms with Gasteiger partial charge in [-0.3, -0.25) is 4.79 Å². The number of carbonyl (C=O) groups is 1. The Morgan fingerprint density at radius 3 is 2.83 bits per heavy atom. The molecule has 1 saturated heterocycles. The number of piperidine rings is 1. The summed E-state index contributed by atoms with van der Waals surface area (Å²) in [5, 5.41) is 0. The maximum atomic E-state index is 11.5. The molecule has 1 heterocycles. The van der Waals surface area contributed by atoms with Crippen molar-refractivity contribution < 1.29 is 9.53 Å². The van der Waals surface area contributed by atoms with E-state index < -0.39 is 0 Å². The van der Waals surface area contributed by atoms with Crippen molar-refractivity contribution in [1.82, 2.24) is 0 Å². The first-order valence-corrected chi connectivity index (χ1v) is 6.12. The highest BCUT2D eigenvalue weighted by molar-refractivity contribution is 5.84. The fraction of sp³-hybridized carbons (Fsp3) is 0.462. The van der Waals surface area contributed by atoms with Crippen LogP contribution in [0.3, 0.4) is 0 Å². The van der Waals surface area contributed by atoms with Crippen LogP contribution in [0.1, 0.15) is 19.3 Å². The molecule has 5 heteroatoms. The average molecular weight is 249 g/mol. The third-order valence-corrected chi connectivity index (χ3v) is 3.31. The zero-order chi connectivity index (χ0) is 13.1. The minimum atomic E-state index is -0.281.